The monoisotopic (exact) mass is 1140 g/mol. The van der Waals surface area contributed by atoms with Crippen molar-refractivity contribution < 1.29 is 109 Å². The average Bonchev–Trinajstić information content (AvgIpc) is 4.16. The molecule has 11 N–H and O–H groups in total. The smallest absolute Gasteiger partial charge is 0.481 e. The van der Waals surface area contributed by atoms with Crippen molar-refractivity contribution in [2.75, 3.05) is 51.4 Å². The first kappa shape index (κ1) is 57.4. The number of nitrogens with zero attached hydrogens (tertiary/aromatic N) is 4. The Bertz CT molecular complexity index is 2910. The number of ether oxygens (including phenoxy) is 5. The van der Waals surface area contributed by atoms with Gasteiger partial charge < -0.3 is 74.9 Å². The van der Waals surface area contributed by atoms with Gasteiger partial charge in [0.2, 0.25) is 25.4 Å². The number of carbonyl (C=O) groups excluding carboxylic acids is 3. The Labute approximate surface area is 428 Å². The Morgan fingerprint density at radius 2 is 1.48 bits per heavy atom. The summed E-state index contributed by atoms with van der Waals surface area (Å²) in [6.45, 7) is 0.0398. The molecular formula is C41H52N7O23P3S. The Balaban J connectivity index is 0.847. The number of anilines is 1. The van der Waals surface area contributed by atoms with E-state index in [1.54, 1.807) is 36.4 Å². The Hall–Kier alpha value is -5.33. The standard InChI is InChI=1S/C41H52N7O23P3S/c1-41(2,16-68-74(61,62)71-73(59,60)67-15-29-33(70-72(56,57)58)32(50)38(69-29)48-18-47-31-35(42)45-17-46-36(31)48)34(51)37(52)44-8-7-30(49)43-9-10-75-40(55)24(12-22-4-6-26-28(14-22)66-20-64-26)23(39(53)54)11-21-3-5-25-27(13-21)65-19-63-25/h3-6,13-14,17-18,23-24,29,32-34,38,50-51H,7-12,15-16,19-20H2,1-2H3,(H,43,49)(H,44,52)(H,53,54)(H,59,60)(H,61,62)(H2,42,45,46)(H2,56,57,58). The van der Waals surface area contributed by atoms with Gasteiger partial charge in [-0.3, -0.25) is 37.3 Å². The number of aliphatic carboxylic acids is 1. The van der Waals surface area contributed by atoms with Crippen molar-refractivity contribution in [1.29, 1.82) is 0 Å². The van der Waals surface area contributed by atoms with E-state index in [2.05, 4.69) is 34.4 Å². The number of carboxylic acid groups (broad SMARTS) is 1. The molecule has 0 aliphatic carbocycles. The number of nitrogens with one attached hydrogen (secondary N) is 2. The van der Waals surface area contributed by atoms with E-state index in [9.17, 15) is 67.8 Å². The molecule has 0 saturated carbocycles. The van der Waals surface area contributed by atoms with Crippen molar-refractivity contribution in [2.24, 2.45) is 17.3 Å². The Kier molecular flexibility index (Phi) is 18.3. The number of aliphatic hydroxyl groups is 2. The summed E-state index contributed by atoms with van der Waals surface area (Å²) in [4.78, 5) is 103. The fourth-order valence-electron chi connectivity index (χ4n) is 7.82. The van der Waals surface area contributed by atoms with E-state index in [0.717, 1.165) is 29.0 Å². The summed E-state index contributed by atoms with van der Waals surface area (Å²) >= 11 is 0.835. The van der Waals surface area contributed by atoms with E-state index >= 15 is 0 Å². The number of aromatic nitrogens is 4. The zero-order valence-corrected chi connectivity index (χ0v) is 43.0. The molecule has 0 radical (unpaired) electrons. The van der Waals surface area contributed by atoms with Gasteiger partial charge in [0, 0.05) is 36.6 Å². The zero-order chi connectivity index (χ0) is 54.5. The molecule has 5 heterocycles. The lowest BCUT2D eigenvalue weighted by atomic mass is 9.83. The normalized spacial score (nSPS) is 21.0. The number of hydrogen-bond donors (Lipinski definition) is 10. The van der Waals surface area contributed by atoms with Crippen molar-refractivity contribution in [1.82, 2.24) is 30.2 Å². The number of phosphoric ester groups is 3. The SMILES string of the molecule is CC(C)(COP(=O)(O)OP(=O)(O)OCC1OC(n2cnc3c(N)ncnc32)C(O)C1OP(=O)(O)O)C(O)C(=O)NCCC(=O)NCCSC(=O)C(Cc1ccc2c(c1)OCO2)C(Cc1ccc2c(c1)OCO2)C(=O)O. The van der Waals surface area contributed by atoms with Gasteiger partial charge in [0.05, 0.1) is 25.5 Å². The molecule has 3 aliphatic heterocycles. The van der Waals surface area contributed by atoms with Gasteiger partial charge in [-0.25, -0.2) is 28.6 Å². The van der Waals surface area contributed by atoms with Crippen LogP contribution in [0.4, 0.5) is 5.82 Å². The summed E-state index contributed by atoms with van der Waals surface area (Å²) in [6.07, 6.45) is -7.24. The average molecular weight is 1140 g/mol. The highest BCUT2D eigenvalue weighted by Crippen LogP contribution is 2.61. The van der Waals surface area contributed by atoms with Crippen LogP contribution in [0.15, 0.2) is 49.1 Å². The van der Waals surface area contributed by atoms with E-state index in [4.69, 9.17) is 38.5 Å². The highest BCUT2D eigenvalue weighted by atomic mass is 32.2. The molecule has 2 amide bonds. The van der Waals surface area contributed by atoms with Gasteiger partial charge >= 0.3 is 29.4 Å². The van der Waals surface area contributed by atoms with Crippen LogP contribution in [0.1, 0.15) is 37.6 Å². The van der Waals surface area contributed by atoms with Crippen LogP contribution in [0.2, 0.25) is 0 Å². The number of amides is 2. The van der Waals surface area contributed by atoms with Gasteiger partial charge in [-0.1, -0.05) is 37.7 Å². The first-order chi connectivity index (χ1) is 35.3. The zero-order valence-electron chi connectivity index (χ0n) is 39.5. The van der Waals surface area contributed by atoms with Gasteiger partial charge in [0.25, 0.3) is 0 Å². The number of imidazole rings is 1. The second kappa shape index (κ2) is 23.9. The third kappa shape index (κ3) is 15.0. The molecule has 30 nitrogen and oxygen atoms in total. The largest absolute Gasteiger partial charge is 0.481 e. The minimum Gasteiger partial charge on any atom is -0.481 e. The van der Waals surface area contributed by atoms with E-state index in [1.165, 1.54) is 13.8 Å². The number of nitrogens with two attached hydrogens (primary N) is 1. The molecule has 1 fully saturated rings. The Morgan fingerprint density at radius 1 is 0.867 bits per heavy atom. The lowest BCUT2D eigenvalue weighted by Crippen LogP contribution is -2.46. The third-order valence-corrected chi connectivity index (χ3v) is 15.7. The van der Waals surface area contributed by atoms with Crippen molar-refractivity contribution in [3.63, 3.8) is 0 Å². The number of hydrogen-bond acceptors (Lipinski definition) is 23. The lowest BCUT2D eigenvalue weighted by Gasteiger charge is -2.30. The molecule has 75 heavy (non-hydrogen) atoms. The molecule has 2 aromatic heterocycles. The van der Waals surface area contributed by atoms with Crippen LogP contribution in [0.3, 0.4) is 0 Å². The molecule has 9 atom stereocenters. The summed E-state index contributed by atoms with van der Waals surface area (Å²) in [5.74, 6) is -3.06. The molecule has 9 unspecified atom stereocenters. The third-order valence-electron chi connectivity index (χ3n) is 11.6. The van der Waals surface area contributed by atoms with E-state index < -0.39 is 107 Å². The molecule has 34 heteroatoms. The lowest BCUT2D eigenvalue weighted by molar-refractivity contribution is -0.145. The summed E-state index contributed by atoms with van der Waals surface area (Å²) < 4.78 is 84.4. The second-order valence-electron chi connectivity index (χ2n) is 17.6. The van der Waals surface area contributed by atoms with Crippen LogP contribution in [0, 0.1) is 17.3 Å². The number of aliphatic hydroxyl groups excluding tert-OH is 2. The molecular weight excluding hydrogens is 1080 g/mol. The summed E-state index contributed by atoms with van der Waals surface area (Å²) in [5.41, 5.74) is 5.42. The first-order valence-electron chi connectivity index (χ1n) is 22.3. The fraction of sp³-hybridized carbons (Fsp3) is 0.488. The highest BCUT2D eigenvalue weighted by molar-refractivity contribution is 8.13. The molecule has 4 aromatic rings. The van der Waals surface area contributed by atoms with Gasteiger partial charge in [-0.15, -0.1) is 0 Å². The fourth-order valence-corrected chi connectivity index (χ4v) is 11.5. The number of carboxylic acids is 1. The number of nitrogen functional groups attached to an aromatic ring is 1. The van der Waals surface area contributed by atoms with Gasteiger partial charge in [0.1, 0.15) is 36.3 Å². The van der Waals surface area contributed by atoms with Gasteiger partial charge in [0.15, 0.2) is 45.8 Å². The molecule has 7 rings (SSSR count). The van der Waals surface area contributed by atoms with E-state index in [0.29, 0.717) is 34.1 Å². The molecule has 2 aromatic carbocycles. The van der Waals surface area contributed by atoms with Crippen LogP contribution in [0.5, 0.6) is 23.0 Å². The van der Waals surface area contributed by atoms with Crippen LogP contribution in [0.25, 0.3) is 11.2 Å². The van der Waals surface area contributed by atoms with E-state index in [-0.39, 0.29) is 68.7 Å². The maximum Gasteiger partial charge on any atom is 0.481 e. The van der Waals surface area contributed by atoms with E-state index in [1.807, 2.05) is 0 Å². The number of phosphoric acid groups is 3. The predicted octanol–water partition coefficient (Wildman–Crippen LogP) is 0.925. The van der Waals surface area contributed by atoms with Crippen molar-refractivity contribution >= 4 is 75.1 Å². The minimum absolute atomic E-state index is 0.00644. The predicted molar refractivity (Wildman–Crippen MR) is 254 cm³/mol. The number of fused-ring (bicyclic) bond motifs is 3. The number of benzene rings is 2. The minimum atomic E-state index is -5.64. The van der Waals surface area contributed by atoms with Crippen molar-refractivity contribution in [3.05, 3.63) is 60.2 Å². The maximum absolute atomic E-state index is 13.8. The van der Waals surface area contributed by atoms with Crippen LogP contribution < -0.4 is 35.3 Å². The molecule has 3 aliphatic rings. The highest BCUT2D eigenvalue weighted by Gasteiger charge is 2.50. The van der Waals surface area contributed by atoms with Crippen LogP contribution in [-0.4, -0.2) is 147 Å². The number of carbonyl (C=O) groups is 4. The second-order valence-corrected chi connectivity index (χ2v) is 22.9. The quantitative estimate of drug-likeness (QED) is 0.0309. The molecule has 0 spiro atoms. The molecule has 0 bridgehead atoms. The summed E-state index contributed by atoms with van der Waals surface area (Å²) in [5, 5.41) is 36.6. The number of rotatable bonds is 26. The molecule has 1 saturated heterocycles. The van der Waals surface area contributed by atoms with Crippen molar-refractivity contribution in [3.8, 4) is 23.0 Å². The van der Waals surface area contributed by atoms with Crippen molar-refractivity contribution in [2.45, 2.75) is 63.8 Å². The first-order valence-corrected chi connectivity index (χ1v) is 27.9. The topological polar surface area (TPSA) is 438 Å². The van der Waals surface area contributed by atoms with Gasteiger partial charge in [-0.2, -0.15) is 4.31 Å². The van der Waals surface area contributed by atoms with Gasteiger partial charge in [-0.05, 0) is 48.2 Å². The Morgan fingerprint density at radius 3 is 2.11 bits per heavy atom. The van der Waals surface area contributed by atoms with Crippen LogP contribution >= 0.6 is 35.2 Å². The number of thioether (sulfide) groups is 1. The summed E-state index contributed by atoms with van der Waals surface area (Å²) in [6, 6.07) is 10.1. The molecule has 410 valence electrons. The van der Waals surface area contributed by atoms with Crippen LogP contribution in [-0.2, 0) is 68.3 Å². The summed E-state index contributed by atoms with van der Waals surface area (Å²) in [7, 11) is -16.6. The maximum atomic E-state index is 13.8.